The molecule has 1 aromatic heterocycles. The molecule has 0 amide bonds. The zero-order valence-electron chi connectivity index (χ0n) is 9.32. The largest absolute Gasteiger partial charge is 0.301 e. The molecule has 0 atom stereocenters. The van der Waals surface area contributed by atoms with Crippen LogP contribution in [-0.4, -0.2) is 9.97 Å². The molecule has 1 aromatic rings. The van der Waals surface area contributed by atoms with Crippen LogP contribution in [0.4, 0.5) is 17.6 Å². The quantitative estimate of drug-likeness (QED) is 0.657. The van der Waals surface area contributed by atoms with E-state index >= 15 is 0 Å². The highest BCUT2D eigenvalue weighted by Crippen LogP contribution is 2.76. The number of rotatable bonds is 0. The smallest absolute Gasteiger partial charge is 0.238 e. The molecular formula is C11H10F4N2. The topological polar surface area (TPSA) is 25.8 Å². The lowest BCUT2D eigenvalue weighted by Crippen LogP contribution is -2.32. The van der Waals surface area contributed by atoms with Gasteiger partial charge in [0, 0.05) is 0 Å². The zero-order chi connectivity index (χ0) is 12.6. The molecule has 17 heavy (non-hydrogen) atoms. The van der Waals surface area contributed by atoms with E-state index in [1.807, 2.05) is 0 Å². The van der Waals surface area contributed by atoms with Gasteiger partial charge in [-0.3, -0.25) is 0 Å². The predicted octanol–water partition coefficient (Wildman–Crippen LogP) is 3.07. The monoisotopic (exact) mass is 246 g/mol. The molecule has 0 aliphatic heterocycles. The second-order valence-corrected chi connectivity index (χ2v) is 4.81. The van der Waals surface area contributed by atoms with Crippen molar-refractivity contribution < 1.29 is 17.6 Å². The highest BCUT2D eigenvalue weighted by Gasteiger charge is 2.82. The van der Waals surface area contributed by atoms with Crippen LogP contribution >= 0.6 is 0 Å². The van der Waals surface area contributed by atoms with Gasteiger partial charge in [-0.15, -0.1) is 0 Å². The normalized spacial score (nSPS) is 26.0. The maximum atomic E-state index is 14.1. The van der Waals surface area contributed by atoms with Gasteiger partial charge in [-0.1, -0.05) is 0 Å². The van der Waals surface area contributed by atoms with Gasteiger partial charge in [0.15, 0.2) is 0 Å². The van der Waals surface area contributed by atoms with Gasteiger partial charge in [0.2, 0.25) is 0 Å². The van der Waals surface area contributed by atoms with Crippen molar-refractivity contribution in [2.75, 3.05) is 0 Å². The summed E-state index contributed by atoms with van der Waals surface area (Å²) in [4.78, 5) is 7.33. The Balaban J connectivity index is 2.37. The van der Waals surface area contributed by atoms with Gasteiger partial charge in [-0.2, -0.15) is 8.78 Å². The van der Waals surface area contributed by atoms with E-state index in [-0.39, 0.29) is 24.4 Å². The van der Waals surface area contributed by atoms with Crippen LogP contribution in [0, 0.1) is 19.3 Å². The molecule has 1 saturated carbocycles. The van der Waals surface area contributed by atoms with Crippen LogP contribution in [0.1, 0.15) is 35.6 Å². The molecule has 1 spiro atoms. The van der Waals surface area contributed by atoms with Gasteiger partial charge in [0.25, 0.3) is 5.92 Å². The van der Waals surface area contributed by atoms with Crippen molar-refractivity contribution in [3.05, 3.63) is 22.8 Å². The summed E-state index contributed by atoms with van der Waals surface area (Å²) >= 11 is 0. The summed E-state index contributed by atoms with van der Waals surface area (Å²) in [6.45, 7) is 2.76. The second kappa shape index (κ2) is 2.62. The maximum Gasteiger partial charge on any atom is 0.301 e. The van der Waals surface area contributed by atoms with Crippen molar-refractivity contribution in [1.29, 1.82) is 0 Å². The Morgan fingerprint density at radius 3 is 2.06 bits per heavy atom. The Labute approximate surface area is 95.1 Å². The Morgan fingerprint density at radius 1 is 0.941 bits per heavy atom. The molecule has 92 valence electrons. The lowest BCUT2D eigenvalue weighted by molar-refractivity contribution is -0.178. The van der Waals surface area contributed by atoms with Crippen LogP contribution in [0.2, 0.25) is 0 Å². The predicted molar refractivity (Wildman–Crippen MR) is 51.0 cm³/mol. The molecule has 0 aromatic carbocycles. The molecule has 2 aliphatic rings. The average Bonchev–Trinajstić information content (AvgIpc) is 2.93. The summed E-state index contributed by atoms with van der Waals surface area (Å²) in [5.41, 5.74) is -3.72. The number of hydrogen-bond donors (Lipinski definition) is 0. The van der Waals surface area contributed by atoms with E-state index in [0.717, 1.165) is 0 Å². The van der Waals surface area contributed by atoms with E-state index < -0.39 is 28.5 Å². The van der Waals surface area contributed by atoms with Crippen LogP contribution in [0.25, 0.3) is 0 Å². The summed E-state index contributed by atoms with van der Waals surface area (Å²) in [6, 6.07) is 0. The van der Waals surface area contributed by atoms with Crippen LogP contribution in [0.5, 0.6) is 0 Å². The van der Waals surface area contributed by atoms with Crippen molar-refractivity contribution in [3.63, 3.8) is 0 Å². The third-order valence-electron chi connectivity index (χ3n) is 3.77. The standard InChI is InChI=1S/C11H10F4N2/c1-5-7-8(17-6(2)16-5)11(14,15)9(3-4-9)10(7,12)13/h3-4H2,1-2H3. The summed E-state index contributed by atoms with van der Waals surface area (Å²) in [5.74, 6) is -6.97. The molecular weight excluding hydrogens is 236 g/mol. The molecule has 0 N–H and O–H groups in total. The van der Waals surface area contributed by atoms with Crippen molar-refractivity contribution in [2.45, 2.75) is 38.5 Å². The average molecular weight is 246 g/mol. The first-order valence-corrected chi connectivity index (χ1v) is 5.36. The van der Waals surface area contributed by atoms with E-state index in [1.54, 1.807) is 0 Å². The number of hydrogen-bond acceptors (Lipinski definition) is 2. The number of nitrogens with zero attached hydrogens (tertiary/aromatic N) is 2. The van der Waals surface area contributed by atoms with Crippen molar-refractivity contribution in [2.24, 2.45) is 5.41 Å². The SMILES string of the molecule is Cc1nc(C)c2c(n1)C(F)(F)C1(CC1)C2(F)F. The molecule has 3 rings (SSSR count). The molecule has 0 radical (unpaired) electrons. The minimum Gasteiger partial charge on any atom is -0.238 e. The van der Waals surface area contributed by atoms with E-state index in [1.165, 1.54) is 13.8 Å². The fourth-order valence-corrected chi connectivity index (χ4v) is 2.73. The van der Waals surface area contributed by atoms with E-state index in [4.69, 9.17) is 0 Å². The fourth-order valence-electron chi connectivity index (χ4n) is 2.73. The summed E-state index contributed by atoms with van der Waals surface area (Å²) in [5, 5.41) is 0. The number of fused-ring (bicyclic) bond motifs is 1. The Morgan fingerprint density at radius 2 is 1.53 bits per heavy atom. The minimum atomic E-state index is -3.55. The molecule has 1 fully saturated rings. The lowest BCUT2D eigenvalue weighted by Gasteiger charge is -2.23. The number of aryl methyl sites for hydroxylation is 2. The molecule has 1 heterocycles. The fraction of sp³-hybridized carbons (Fsp3) is 0.636. The highest BCUT2D eigenvalue weighted by atomic mass is 19.3. The molecule has 0 bridgehead atoms. The van der Waals surface area contributed by atoms with Crippen LogP contribution in [-0.2, 0) is 11.8 Å². The summed E-state index contributed by atoms with van der Waals surface area (Å²) in [6.07, 6.45) is -0.330. The molecule has 6 heteroatoms. The Kier molecular flexibility index (Phi) is 1.68. The molecule has 2 nitrogen and oxygen atoms in total. The van der Waals surface area contributed by atoms with Gasteiger partial charge in [0.05, 0.1) is 11.3 Å². The molecule has 0 saturated heterocycles. The first-order valence-electron chi connectivity index (χ1n) is 5.36. The van der Waals surface area contributed by atoms with Crippen molar-refractivity contribution in [1.82, 2.24) is 9.97 Å². The van der Waals surface area contributed by atoms with E-state index in [9.17, 15) is 17.6 Å². The Bertz CT molecular complexity index is 520. The Hall–Kier alpha value is -1.20. The van der Waals surface area contributed by atoms with Crippen LogP contribution < -0.4 is 0 Å². The molecule has 2 aliphatic carbocycles. The third kappa shape index (κ3) is 0.978. The third-order valence-corrected chi connectivity index (χ3v) is 3.77. The van der Waals surface area contributed by atoms with Crippen molar-refractivity contribution in [3.8, 4) is 0 Å². The van der Waals surface area contributed by atoms with E-state index in [2.05, 4.69) is 9.97 Å². The first kappa shape index (κ1) is 10.9. The zero-order valence-corrected chi connectivity index (χ0v) is 9.32. The number of aromatic nitrogens is 2. The lowest BCUT2D eigenvalue weighted by atomic mass is 9.96. The van der Waals surface area contributed by atoms with Gasteiger partial charge in [-0.25, -0.2) is 18.7 Å². The summed E-state index contributed by atoms with van der Waals surface area (Å²) < 4.78 is 56.3. The van der Waals surface area contributed by atoms with Gasteiger partial charge < -0.3 is 0 Å². The van der Waals surface area contributed by atoms with Crippen LogP contribution in [0.15, 0.2) is 0 Å². The maximum absolute atomic E-state index is 14.1. The van der Waals surface area contributed by atoms with Gasteiger partial charge in [0.1, 0.15) is 16.9 Å². The highest BCUT2D eigenvalue weighted by molar-refractivity contribution is 5.45. The number of alkyl halides is 4. The van der Waals surface area contributed by atoms with Crippen molar-refractivity contribution >= 4 is 0 Å². The van der Waals surface area contributed by atoms with Gasteiger partial charge >= 0.3 is 5.92 Å². The second-order valence-electron chi connectivity index (χ2n) is 4.81. The van der Waals surface area contributed by atoms with E-state index in [0.29, 0.717) is 0 Å². The number of halogens is 4. The van der Waals surface area contributed by atoms with Crippen LogP contribution in [0.3, 0.4) is 0 Å². The molecule has 0 unspecified atom stereocenters. The van der Waals surface area contributed by atoms with Gasteiger partial charge in [-0.05, 0) is 26.7 Å². The first-order chi connectivity index (χ1) is 7.74. The minimum absolute atomic E-state index is 0.0408. The summed E-state index contributed by atoms with van der Waals surface area (Å²) in [7, 11) is 0.